The van der Waals surface area contributed by atoms with Gasteiger partial charge in [0, 0.05) is 29.3 Å². The molecule has 0 aliphatic heterocycles. The molecule has 0 saturated carbocycles. The van der Waals surface area contributed by atoms with Crippen LogP contribution in [0.1, 0.15) is 12.0 Å². The van der Waals surface area contributed by atoms with Crippen molar-refractivity contribution in [1.82, 2.24) is 4.98 Å². The number of benzene rings is 3. The fourth-order valence-electron chi connectivity index (χ4n) is 3.26. The third-order valence-corrected chi connectivity index (χ3v) is 4.60. The lowest BCUT2D eigenvalue weighted by Gasteiger charge is -2.06. The van der Waals surface area contributed by atoms with Crippen molar-refractivity contribution >= 4 is 16.6 Å². The van der Waals surface area contributed by atoms with Crippen molar-refractivity contribution in [3.05, 3.63) is 90.6 Å². The third-order valence-electron chi connectivity index (χ3n) is 4.60. The molecule has 0 aliphatic rings. The van der Waals surface area contributed by atoms with Crippen molar-refractivity contribution < 1.29 is 0 Å². The lowest BCUT2D eigenvalue weighted by molar-refractivity contribution is 0.868. The second-order valence-corrected chi connectivity index (χ2v) is 6.34. The summed E-state index contributed by atoms with van der Waals surface area (Å²) in [6.07, 6.45) is 4.33. The van der Waals surface area contributed by atoms with Crippen molar-refractivity contribution in [3.63, 3.8) is 0 Å². The lowest BCUT2D eigenvalue weighted by atomic mass is 10.0. The van der Waals surface area contributed by atoms with Gasteiger partial charge in [0.25, 0.3) is 0 Å². The van der Waals surface area contributed by atoms with Gasteiger partial charge in [-0.1, -0.05) is 54.6 Å². The minimum atomic E-state index is 0.981. The highest BCUT2D eigenvalue weighted by Crippen LogP contribution is 2.27. The van der Waals surface area contributed by atoms with Gasteiger partial charge in [0.05, 0.1) is 0 Å². The number of aromatic amines is 1. The molecular formula is C23H22N2. The van der Waals surface area contributed by atoms with Crippen LogP contribution < -0.4 is 5.32 Å². The molecule has 1 heterocycles. The van der Waals surface area contributed by atoms with E-state index in [4.69, 9.17) is 0 Å². The van der Waals surface area contributed by atoms with Gasteiger partial charge in [0.2, 0.25) is 0 Å². The molecular weight excluding hydrogens is 304 g/mol. The Morgan fingerprint density at radius 3 is 2.32 bits per heavy atom. The summed E-state index contributed by atoms with van der Waals surface area (Å²) in [4.78, 5) is 3.41. The second-order valence-electron chi connectivity index (χ2n) is 6.34. The quantitative estimate of drug-likeness (QED) is 0.425. The third kappa shape index (κ3) is 3.58. The molecule has 2 heteroatoms. The monoisotopic (exact) mass is 326 g/mol. The number of nitrogens with one attached hydrogen (secondary N) is 2. The highest BCUT2D eigenvalue weighted by molar-refractivity contribution is 5.88. The maximum absolute atomic E-state index is 3.48. The van der Waals surface area contributed by atoms with Crippen LogP contribution in [0.3, 0.4) is 0 Å². The van der Waals surface area contributed by atoms with Gasteiger partial charge in [0.1, 0.15) is 0 Å². The Bertz CT molecular complexity index is 940. The zero-order valence-electron chi connectivity index (χ0n) is 14.2. The number of fused-ring (bicyclic) bond motifs is 1. The summed E-state index contributed by atoms with van der Waals surface area (Å²) in [7, 11) is 0. The Morgan fingerprint density at radius 1 is 0.760 bits per heavy atom. The average molecular weight is 326 g/mol. The van der Waals surface area contributed by atoms with Crippen LogP contribution in [-0.4, -0.2) is 11.5 Å². The predicted molar refractivity (Wildman–Crippen MR) is 107 cm³/mol. The first-order chi connectivity index (χ1) is 12.4. The molecule has 0 unspecified atom stereocenters. The van der Waals surface area contributed by atoms with Gasteiger partial charge in [-0.3, -0.25) is 0 Å². The van der Waals surface area contributed by atoms with E-state index in [2.05, 4.69) is 89.3 Å². The summed E-state index contributed by atoms with van der Waals surface area (Å²) in [5.41, 5.74) is 6.33. The van der Waals surface area contributed by atoms with E-state index in [-0.39, 0.29) is 0 Å². The van der Waals surface area contributed by atoms with E-state index in [9.17, 15) is 0 Å². The van der Waals surface area contributed by atoms with Crippen molar-refractivity contribution in [1.29, 1.82) is 0 Å². The standard InChI is InChI=1S/C23H22N2/c1-3-8-18(9-4-1)19-13-14-23-22(16-19)20(17-25-23)10-7-15-24-21-11-5-2-6-12-21/h1-6,8-9,11-14,16-17,24-25H,7,10,15H2. The largest absolute Gasteiger partial charge is 0.385 e. The summed E-state index contributed by atoms with van der Waals surface area (Å²) < 4.78 is 0. The molecule has 0 fully saturated rings. The number of aromatic nitrogens is 1. The SMILES string of the molecule is c1ccc(NCCCc2c[nH]c3ccc(-c4ccccc4)cc23)cc1. The van der Waals surface area contributed by atoms with Gasteiger partial charge < -0.3 is 10.3 Å². The number of H-pyrrole nitrogens is 1. The molecule has 1 aromatic heterocycles. The summed E-state index contributed by atoms with van der Waals surface area (Å²) >= 11 is 0. The molecule has 2 nitrogen and oxygen atoms in total. The van der Waals surface area contributed by atoms with Gasteiger partial charge in [-0.15, -0.1) is 0 Å². The molecule has 124 valence electrons. The van der Waals surface area contributed by atoms with E-state index in [0.29, 0.717) is 0 Å². The average Bonchev–Trinajstić information content (AvgIpc) is 3.09. The van der Waals surface area contributed by atoms with Crippen LogP contribution in [0.4, 0.5) is 5.69 Å². The number of aryl methyl sites for hydroxylation is 1. The molecule has 3 aromatic carbocycles. The minimum Gasteiger partial charge on any atom is -0.385 e. The van der Waals surface area contributed by atoms with E-state index in [1.54, 1.807) is 0 Å². The fourth-order valence-corrected chi connectivity index (χ4v) is 3.26. The zero-order chi connectivity index (χ0) is 16.9. The molecule has 0 amide bonds. The minimum absolute atomic E-state index is 0.981. The Labute approximate surface area is 148 Å². The first-order valence-electron chi connectivity index (χ1n) is 8.84. The Morgan fingerprint density at radius 2 is 1.52 bits per heavy atom. The van der Waals surface area contributed by atoms with Crippen molar-refractivity contribution in [2.75, 3.05) is 11.9 Å². The maximum Gasteiger partial charge on any atom is 0.0457 e. The topological polar surface area (TPSA) is 27.8 Å². The highest BCUT2D eigenvalue weighted by atomic mass is 14.9. The van der Waals surface area contributed by atoms with E-state index in [0.717, 1.165) is 19.4 Å². The van der Waals surface area contributed by atoms with Gasteiger partial charge >= 0.3 is 0 Å². The number of rotatable bonds is 6. The summed E-state index contributed by atoms with van der Waals surface area (Å²) in [5, 5.41) is 4.82. The normalized spacial score (nSPS) is 10.9. The Balaban J connectivity index is 1.46. The molecule has 0 saturated heterocycles. The van der Waals surface area contributed by atoms with E-state index in [1.165, 1.54) is 33.3 Å². The Kier molecular flexibility index (Phi) is 4.51. The lowest BCUT2D eigenvalue weighted by Crippen LogP contribution is -2.02. The van der Waals surface area contributed by atoms with E-state index in [1.807, 2.05) is 6.07 Å². The predicted octanol–water partition coefficient (Wildman–Crippen LogP) is 5.88. The molecule has 4 rings (SSSR count). The van der Waals surface area contributed by atoms with Crippen LogP contribution >= 0.6 is 0 Å². The van der Waals surface area contributed by atoms with Crippen LogP contribution in [0.5, 0.6) is 0 Å². The molecule has 25 heavy (non-hydrogen) atoms. The van der Waals surface area contributed by atoms with Crippen molar-refractivity contribution in [2.24, 2.45) is 0 Å². The number of hydrogen-bond donors (Lipinski definition) is 2. The molecule has 0 bridgehead atoms. The maximum atomic E-state index is 3.48. The number of para-hydroxylation sites is 1. The zero-order valence-corrected chi connectivity index (χ0v) is 14.2. The van der Waals surface area contributed by atoms with Crippen LogP contribution in [0.2, 0.25) is 0 Å². The van der Waals surface area contributed by atoms with Crippen molar-refractivity contribution in [3.8, 4) is 11.1 Å². The van der Waals surface area contributed by atoms with Gasteiger partial charge in [0.15, 0.2) is 0 Å². The molecule has 0 spiro atoms. The first-order valence-corrected chi connectivity index (χ1v) is 8.84. The van der Waals surface area contributed by atoms with Crippen molar-refractivity contribution in [2.45, 2.75) is 12.8 Å². The fraction of sp³-hybridized carbons (Fsp3) is 0.130. The van der Waals surface area contributed by atoms with Crippen LogP contribution in [0.15, 0.2) is 85.1 Å². The molecule has 2 N–H and O–H groups in total. The summed E-state index contributed by atoms with van der Waals surface area (Å²) in [6, 6.07) is 27.6. The smallest absolute Gasteiger partial charge is 0.0457 e. The van der Waals surface area contributed by atoms with Crippen LogP contribution in [0.25, 0.3) is 22.0 Å². The van der Waals surface area contributed by atoms with Crippen LogP contribution in [0, 0.1) is 0 Å². The summed E-state index contributed by atoms with van der Waals surface area (Å²) in [5.74, 6) is 0. The van der Waals surface area contributed by atoms with Gasteiger partial charge in [-0.25, -0.2) is 0 Å². The molecule has 0 atom stereocenters. The second kappa shape index (κ2) is 7.27. The highest BCUT2D eigenvalue weighted by Gasteiger charge is 2.06. The van der Waals surface area contributed by atoms with Gasteiger partial charge in [-0.2, -0.15) is 0 Å². The number of hydrogen-bond acceptors (Lipinski definition) is 1. The molecule has 0 aliphatic carbocycles. The van der Waals surface area contributed by atoms with Gasteiger partial charge in [-0.05, 0) is 53.8 Å². The first kappa shape index (κ1) is 15.5. The van der Waals surface area contributed by atoms with Crippen LogP contribution in [-0.2, 0) is 6.42 Å². The molecule has 4 aromatic rings. The van der Waals surface area contributed by atoms with E-state index >= 15 is 0 Å². The van der Waals surface area contributed by atoms with E-state index < -0.39 is 0 Å². The Hall–Kier alpha value is -3.00. The molecule has 0 radical (unpaired) electrons. The summed E-state index contributed by atoms with van der Waals surface area (Å²) in [6.45, 7) is 0.981. The number of anilines is 1.